The molecule has 0 aliphatic carbocycles. The van der Waals surface area contributed by atoms with Crippen molar-refractivity contribution in [1.82, 2.24) is 5.32 Å². The molecule has 0 aromatic heterocycles. The first kappa shape index (κ1) is 9.01. The third-order valence-corrected chi connectivity index (χ3v) is 0.926. The number of rotatable bonds is 6. The van der Waals surface area contributed by atoms with E-state index < -0.39 is 0 Å². The van der Waals surface area contributed by atoms with Crippen LogP contribution >= 0.6 is 0 Å². The lowest BCUT2D eigenvalue weighted by Gasteiger charge is -1.95. The molecule has 1 N–H and O–H groups in total. The topological polar surface area (TPSA) is 38.3 Å². The Morgan fingerprint density at radius 2 is 2.40 bits per heavy atom. The van der Waals surface area contributed by atoms with Crippen LogP contribution in [0.2, 0.25) is 0 Å². The lowest BCUT2D eigenvalue weighted by molar-refractivity contribution is -0.129. The molecule has 0 atom stereocenters. The summed E-state index contributed by atoms with van der Waals surface area (Å²) in [6.07, 6.45) is 5.96. The number of nitrogens with one attached hydrogen (secondary N) is 1. The van der Waals surface area contributed by atoms with E-state index in [-0.39, 0.29) is 6.73 Å². The van der Waals surface area contributed by atoms with E-state index in [1.807, 2.05) is 6.08 Å². The number of hydrogen-bond donors (Lipinski definition) is 1. The fourth-order valence-corrected chi connectivity index (χ4v) is 0.464. The fraction of sp³-hybridized carbons (Fsp3) is 0.571. The minimum Gasteiger partial charge on any atom is -0.447 e. The molecule has 58 valence electrons. The smallest absolute Gasteiger partial charge is 0.294 e. The summed E-state index contributed by atoms with van der Waals surface area (Å²) in [7, 11) is 0. The molecule has 0 aliphatic rings. The number of hydrogen-bond acceptors (Lipinski definition) is 3. The van der Waals surface area contributed by atoms with E-state index in [2.05, 4.69) is 17.0 Å². The van der Waals surface area contributed by atoms with Crippen LogP contribution in [-0.4, -0.2) is 13.2 Å². The van der Waals surface area contributed by atoms with Gasteiger partial charge in [-0.1, -0.05) is 19.4 Å². The third kappa shape index (κ3) is 7.01. The molecule has 0 fully saturated rings. The Kier molecular flexibility index (Phi) is 7.22. The first-order valence-electron chi connectivity index (χ1n) is 3.35. The average Bonchev–Trinajstić information content (AvgIpc) is 1.97. The van der Waals surface area contributed by atoms with Crippen LogP contribution in [0.5, 0.6) is 0 Å². The van der Waals surface area contributed by atoms with Crippen molar-refractivity contribution < 1.29 is 9.53 Å². The zero-order valence-electron chi connectivity index (χ0n) is 6.17. The van der Waals surface area contributed by atoms with E-state index in [1.54, 1.807) is 6.20 Å². The van der Waals surface area contributed by atoms with Gasteiger partial charge in [0, 0.05) is 0 Å². The van der Waals surface area contributed by atoms with E-state index in [1.165, 1.54) is 0 Å². The van der Waals surface area contributed by atoms with Crippen molar-refractivity contribution in [3.05, 3.63) is 12.3 Å². The lowest BCUT2D eigenvalue weighted by atomic mass is 10.3. The Hall–Kier alpha value is -0.990. The van der Waals surface area contributed by atoms with E-state index in [0.29, 0.717) is 6.47 Å². The van der Waals surface area contributed by atoms with Gasteiger partial charge in [0.1, 0.15) is 0 Å². The van der Waals surface area contributed by atoms with Gasteiger partial charge in [0.05, 0.1) is 0 Å². The Bertz CT molecular complexity index is 102. The van der Waals surface area contributed by atoms with Crippen molar-refractivity contribution in [2.45, 2.75) is 19.8 Å². The molecule has 3 heteroatoms. The summed E-state index contributed by atoms with van der Waals surface area (Å²) in [6, 6.07) is 0. The van der Waals surface area contributed by atoms with Crippen LogP contribution in [0.15, 0.2) is 12.3 Å². The van der Waals surface area contributed by atoms with Crippen LogP contribution in [0.1, 0.15) is 19.8 Å². The highest BCUT2D eigenvalue weighted by atomic mass is 16.5. The highest BCUT2D eigenvalue weighted by Crippen LogP contribution is 1.85. The first-order chi connectivity index (χ1) is 4.91. The van der Waals surface area contributed by atoms with Crippen LogP contribution in [0.3, 0.4) is 0 Å². The number of ether oxygens (including phenoxy) is 1. The number of carbonyl (C=O) groups is 1. The summed E-state index contributed by atoms with van der Waals surface area (Å²) in [4.78, 5) is 9.61. The standard InChI is InChI=1S/C7H13NO2/c1-2-3-4-5-8-6-10-7-9/h4-5,7-8H,2-3,6H2,1H3. The normalized spacial score (nSPS) is 9.70. The molecule has 0 saturated heterocycles. The van der Waals surface area contributed by atoms with Crippen LogP contribution in [0.25, 0.3) is 0 Å². The van der Waals surface area contributed by atoms with Crippen molar-refractivity contribution in [3.8, 4) is 0 Å². The Morgan fingerprint density at radius 1 is 1.60 bits per heavy atom. The van der Waals surface area contributed by atoms with Crippen molar-refractivity contribution in [2.75, 3.05) is 6.73 Å². The minimum atomic E-state index is 0.254. The molecule has 0 aromatic rings. The maximum Gasteiger partial charge on any atom is 0.294 e. The molecule has 0 saturated carbocycles. The predicted molar refractivity (Wildman–Crippen MR) is 39.2 cm³/mol. The summed E-state index contributed by atoms with van der Waals surface area (Å²) >= 11 is 0. The Morgan fingerprint density at radius 3 is 3.00 bits per heavy atom. The summed E-state index contributed by atoms with van der Waals surface area (Å²) in [5, 5.41) is 2.79. The number of carbonyl (C=O) groups excluding carboxylic acids is 1. The zero-order valence-corrected chi connectivity index (χ0v) is 6.17. The van der Waals surface area contributed by atoms with Crippen molar-refractivity contribution in [1.29, 1.82) is 0 Å². The second-order valence-electron chi connectivity index (χ2n) is 1.80. The minimum absolute atomic E-state index is 0.254. The average molecular weight is 143 g/mol. The molecule has 3 nitrogen and oxygen atoms in total. The van der Waals surface area contributed by atoms with Gasteiger partial charge in [0.15, 0.2) is 6.73 Å². The van der Waals surface area contributed by atoms with E-state index in [9.17, 15) is 4.79 Å². The number of allylic oxidation sites excluding steroid dienone is 1. The molecule has 0 spiro atoms. The Labute approximate surface area is 61.1 Å². The van der Waals surface area contributed by atoms with Crippen LogP contribution < -0.4 is 5.32 Å². The van der Waals surface area contributed by atoms with E-state index >= 15 is 0 Å². The molecule has 0 bridgehead atoms. The van der Waals surface area contributed by atoms with Gasteiger partial charge in [0.25, 0.3) is 6.47 Å². The summed E-state index contributed by atoms with van der Waals surface area (Å²) in [5.41, 5.74) is 0. The van der Waals surface area contributed by atoms with Gasteiger partial charge in [-0.05, 0) is 12.6 Å². The van der Waals surface area contributed by atoms with E-state index in [0.717, 1.165) is 12.8 Å². The molecule has 10 heavy (non-hydrogen) atoms. The largest absolute Gasteiger partial charge is 0.447 e. The first-order valence-corrected chi connectivity index (χ1v) is 3.35. The molecule has 0 unspecified atom stereocenters. The molecule has 0 aliphatic heterocycles. The van der Waals surface area contributed by atoms with Crippen LogP contribution in [0.4, 0.5) is 0 Å². The van der Waals surface area contributed by atoms with Crippen LogP contribution in [0, 0.1) is 0 Å². The van der Waals surface area contributed by atoms with Gasteiger partial charge in [0.2, 0.25) is 0 Å². The van der Waals surface area contributed by atoms with Crippen molar-refractivity contribution in [2.24, 2.45) is 0 Å². The van der Waals surface area contributed by atoms with Crippen molar-refractivity contribution in [3.63, 3.8) is 0 Å². The molecular formula is C7H13NO2. The highest BCUT2D eigenvalue weighted by molar-refractivity contribution is 5.36. The van der Waals surface area contributed by atoms with Gasteiger partial charge in [-0.15, -0.1) is 0 Å². The number of unbranched alkanes of at least 4 members (excludes halogenated alkanes) is 1. The fourth-order valence-electron chi connectivity index (χ4n) is 0.464. The molecule has 0 radical (unpaired) electrons. The maximum atomic E-state index is 9.61. The van der Waals surface area contributed by atoms with Gasteiger partial charge in [-0.2, -0.15) is 0 Å². The lowest BCUT2D eigenvalue weighted by Crippen LogP contribution is -2.09. The van der Waals surface area contributed by atoms with Crippen molar-refractivity contribution >= 4 is 6.47 Å². The molecular weight excluding hydrogens is 130 g/mol. The van der Waals surface area contributed by atoms with Crippen LogP contribution in [-0.2, 0) is 9.53 Å². The quantitative estimate of drug-likeness (QED) is 0.343. The zero-order chi connectivity index (χ0) is 7.66. The predicted octanol–water partition coefficient (Wildman–Crippen LogP) is 1.02. The van der Waals surface area contributed by atoms with Gasteiger partial charge in [-0.3, -0.25) is 4.79 Å². The van der Waals surface area contributed by atoms with Gasteiger partial charge in [-0.25, -0.2) is 0 Å². The summed E-state index contributed by atoms with van der Waals surface area (Å²) in [5.74, 6) is 0. The summed E-state index contributed by atoms with van der Waals surface area (Å²) in [6.45, 7) is 2.77. The molecule has 0 amide bonds. The monoisotopic (exact) mass is 143 g/mol. The summed E-state index contributed by atoms with van der Waals surface area (Å²) < 4.78 is 4.37. The molecule has 0 heterocycles. The maximum absolute atomic E-state index is 9.61. The second-order valence-corrected chi connectivity index (χ2v) is 1.80. The molecule has 0 rings (SSSR count). The molecule has 0 aromatic carbocycles. The van der Waals surface area contributed by atoms with Gasteiger partial charge < -0.3 is 10.1 Å². The van der Waals surface area contributed by atoms with E-state index in [4.69, 9.17) is 0 Å². The van der Waals surface area contributed by atoms with Gasteiger partial charge >= 0.3 is 0 Å². The third-order valence-electron chi connectivity index (χ3n) is 0.926. The second kappa shape index (κ2) is 8.01. The Balaban J connectivity index is 2.94. The SMILES string of the molecule is CCCC=CNCOC=O. The highest BCUT2D eigenvalue weighted by Gasteiger charge is 1.75.